The Morgan fingerprint density at radius 1 is 1.27 bits per heavy atom. The molecule has 0 aliphatic rings. The molecule has 5 nitrogen and oxygen atoms in total. The smallest absolute Gasteiger partial charge is 0.407 e. The molecule has 22 heavy (non-hydrogen) atoms. The predicted molar refractivity (Wildman–Crippen MR) is 88.4 cm³/mol. The molecule has 0 aliphatic carbocycles. The van der Waals surface area contributed by atoms with Crippen molar-refractivity contribution in [3.63, 3.8) is 0 Å². The molecule has 1 rings (SSSR count). The largest absolute Gasteiger partial charge is 0.496 e. The van der Waals surface area contributed by atoms with Gasteiger partial charge in [0, 0.05) is 24.1 Å². The first-order valence-corrected chi connectivity index (χ1v) is 7.43. The standard InChI is InChI=1S/C17H28N2O3/c1-12-7-8-13(14(9-12)21-6)17(5,10-18)11-19-15(20)22-16(2,3)4/h7-9H,10-11,18H2,1-6H3,(H,19,20). The molecule has 0 heterocycles. The third-order valence-electron chi connectivity index (χ3n) is 3.48. The fraction of sp³-hybridized carbons (Fsp3) is 0.588. The number of carbonyl (C=O) groups excluding carboxylic acids is 1. The summed E-state index contributed by atoms with van der Waals surface area (Å²) in [6.45, 7) is 10.2. The SMILES string of the molecule is COc1cc(C)ccc1C(C)(CN)CNC(=O)OC(C)(C)C. The summed E-state index contributed by atoms with van der Waals surface area (Å²) in [5.74, 6) is 0.777. The van der Waals surface area contributed by atoms with Gasteiger partial charge >= 0.3 is 6.09 Å². The van der Waals surface area contributed by atoms with E-state index in [1.165, 1.54) is 0 Å². The maximum Gasteiger partial charge on any atom is 0.407 e. The Hall–Kier alpha value is -1.75. The zero-order chi connectivity index (χ0) is 17.0. The van der Waals surface area contributed by atoms with Gasteiger partial charge in [0.15, 0.2) is 0 Å². The number of nitrogens with two attached hydrogens (primary N) is 1. The van der Waals surface area contributed by atoms with Crippen LogP contribution in [0.1, 0.15) is 38.8 Å². The molecular formula is C17H28N2O3. The molecule has 0 fully saturated rings. The normalized spacial score (nSPS) is 14.1. The molecule has 5 heteroatoms. The van der Waals surface area contributed by atoms with Crippen molar-refractivity contribution < 1.29 is 14.3 Å². The van der Waals surface area contributed by atoms with Gasteiger partial charge in [-0.05, 0) is 39.3 Å². The third-order valence-corrected chi connectivity index (χ3v) is 3.48. The van der Waals surface area contributed by atoms with Crippen LogP contribution < -0.4 is 15.8 Å². The Labute approximate surface area is 133 Å². The van der Waals surface area contributed by atoms with E-state index in [1.807, 2.05) is 52.8 Å². The van der Waals surface area contributed by atoms with Crippen LogP contribution in [0.4, 0.5) is 4.79 Å². The van der Waals surface area contributed by atoms with Crippen LogP contribution >= 0.6 is 0 Å². The summed E-state index contributed by atoms with van der Waals surface area (Å²) < 4.78 is 10.7. The monoisotopic (exact) mass is 308 g/mol. The van der Waals surface area contributed by atoms with Crippen molar-refractivity contribution in [1.82, 2.24) is 5.32 Å². The van der Waals surface area contributed by atoms with Crippen LogP contribution in [0, 0.1) is 6.92 Å². The Balaban J connectivity index is 2.91. The number of carbonyl (C=O) groups is 1. The van der Waals surface area contributed by atoms with Crippen LogP contribution in [0.2, 0.25) is 0 Å². The average molecular weight is 308 g/mol. The molecule has 1 aromatic carbocycles. The number of benzene rings is 1. The first-order valence-electron chi connectivity index (χ1n) is 7.43. The van der Waals surface area contributed by atoms with E-state index in [1.54, 1.807) is 7.11 Å². The van der Waals surface area contributed by atoms with Crippen LogP contribution in [0.3, 0.4) is 0 Å². The van der Waals surface area contributed by atoms with Crippen LogP contribution in [-0.2, 0) is 10.2 Å². The summed E-state index contributed by atoms with van der Waals surface area (Å²) in [5.41, 5.74) is 7.09. The van der Waals surface area contributed by atoms with E-state index in [9.17, 15) is 4.79 Å². The van der Waals surface area contributed by atoms with Gasteiger partial charge in [-0.25, -0.2) is 4.79 Å². The maximum absolute atomic E-state index is 11.9. The number of hydrogen-bond acceptors (Lipinski definition) is 4. The Morgan fingerprint density at radius 2 is 1.91 bits per heavy atom. The second-order valence-electron chi connectivity index (χ2n) is 6.82. The molecule has 0 aromatic heterocycles. The molecule has 0 radical (unpaired) electrons. The van der Waals surface area contributed by atoms with Crippen LogP contribution in [0.15, 0.2) is 18.2 Å². The highest BCUT2D eigenvalue weighted by Crippen LogP contribution is 2.31. The van der Waals surface area contributed by atoms with Gasteiger partial charge in [0.1, 0.15) is 11.4 Å². The molecule has 0 bridgehead atoms. The summed E-state index contributed by atoms with van der Waals surface area (Å²) in [7, 11) is 1.64. The summed E-state index contributed by atoms with van der Waals surface area (Å²) in [6.07, 6.45) is -0.446. The minimum Gasteiger partial charge on any atom is -0.496 e. The molecule has 124 valence electrons. The highest BCUT2D eigenvalue weighted by atomic mass is 16.6. The van der Waals surface area contributed by atoms with Crippen molar-refractivity contribution in [2.75, 3.05) is 20.2 Å². The van der Waals surface area contributed by atoms with Gasteiger partial charge in [-0.3, -0.25) is 0 Å². The van der Waals surface area contributed by atoms with E-state index in [0.717, 1.165) is 16.9 Å². The van der Waals surface area contributed by atoms with Crippen molar-refractivity contribution in [2.45, 2.75) is 45.6 Å². The molecule has 0 aliphatic heterocycles. The first kappa shape index (κ1) is 18.3. The number of amides is 1. The fourth-order valence-electron chi connectivity index (χ4n) is 2.16. The highest BCUT2D eigenvalue weighted by Gasteiger charge is 2.30. The zero-order valence-electron chi connectivity index (χ0n) is 14.4. The molecule has 0 saturated heterocycles. The lowest BCUT2D eigenvalue weighted by molar-refractivity contribution is 0.0516. The number of methoxy groups -OCH3 is 1. The quantitative estimate of drug-likeness (QED) is 0.877. The molecule has 0 spiro atoms. The van der Waals surface area contributed by atoms with Crippen molar-refractivity contribution in [3.05, 3.63) is 29.3 Å². The Kier molecular flexibility index (Phi) is 5.83. The van der Waals surface area contributed by atoms with Gasteiger partial charge in [-0.15, -0.1) is 0 Å². The summed E-state index contributed by atoms with van der Waals surface area (Å²) in [6, 6.07) is 5.98. The summed E-state index contributed by atoms with van der Waals surface area (Å²) in [5, 5.41) is 2.80. The molecule has 1 atom stereocenters. The highest BCUT2D eigenvalue weighted by molar-refractivity contribution is 5.68. The van der Waals surface area contributed by atoms with Crippen molar-refractivity contribution in [3.8, 4) is 5.75 Å². The van der Waals surface area contributed by atoms with Crippen LogP contribution in [0.5, 0.6) is 5.75 Å². The second-order valence-corrected chi connectivity index (χ2v) is 6.82. The molecule has 0 saturated carbocycles. The fourth-order valence-corrected chi connectivity index (χ4v) is 2.16. The molecule has 1 aromatic rings. The number of ether oxygens (including phenoxy) is 2. The molecule has 1 unspecified atom stereocenters. The number of aryl methyl sites for hydroxylation is 1. The number of hydrogen-bond donors (Lipinski definition) is 2. The Bertz CT molecular complexity index is 523. The molecule has 1 amide bonds. The minimum absolute atomic E-state index is 0.373. The Morgan fingerprint density at radius 3 is 2.41 bits per heavy atom. The van der Waals surface area contributed by atoms with Gasteiger partial charge in [-0.2, -0.15) is 0 Å². The van der Waals surface area contributed by atoms with Gasteiger partial charge in [0.05, 0.1) is 7.11 Å². The van der Waals surface area contributed by atoms with Crippen LogP contribution in [0.25, 0.3) is 0 Å². The first-order chi connectivity index (χ1) is 10.1. The van der Waals surface area contributed by atoms with E-state index in [2.05, 4.69) is 5.32 Å². The average Bonchev–Trinajstić information content (AvgIpc) is 2.42. The predicted octanol–water partition coefficient (Wildman–Crippen LogP) is 2.74. The van der Waals surface area contributed by atoms with Crippen molar-refractivity contribution >= 4 is 6.09 Å². The number of nitrogens with one attached hydrogen (secondary N) is 1. The van der Waals surface area contributed by atoms with E-state index < -0.39 is 17.1 Å². The molecular weight excluding hydrogens is 280 g/mol. The maximum atomic E-state index is 11.9. The third kappa shape index (κ3) is 4.91. The van der Waals surface area contributed by atoms with Gasteiger partial charge < -0.3 is 20.5 Å². The van der Waals surface area contributed by atoms with E-state index in [4.69, 9.17) is 15.2 Å². The topological polar surface area (TPSA) is 73.6 Å². The number of alkyl carbamates (subject to hydrolysis) is 1. The lowest BCUT2D eigenvalue weighted by Gasteiger charge is -2.31. The van der Waals surface area contributed by atoms with Gasteiger partial charge in [0.2, 0.25) is 0 Å². The zero-order valence-corrected chi connectivity index (χ0v) is 14.4. The van der Waals surface area contributed by atoms with Crippen LogP contribution in [-0.4, -0.2) is 31.9 Å². The van der Waals surface area contributed by atoms with Gasteiger partial charge in [-0.1, -0.05) is 19.1 Å². The van der Waals surface area contributed by atoms with Crippen molar-refractivity contribution in [1.29, 1.82) is 0 Å². The second kappa shape index (κ2) is 7.01. The molecule has 3 N–H and O–H groups in total. The summed E-state index contributed by atoms with van der Waals surface area (Å²) in [4.78, 5) is 11.9. The number of rotatable bonds is 5. The van der Waals surface area contributed by atoms with E-state index in [0.29, 0.717) is 13.1 Å². The van der Waals surface area contributed by atoms with Crippen molar-refractivity contribution in [2.24, 2.45) is 5.73 Å². The lowest BCUT2D eigenvalue weighted by atomic mass is 9.81. The summed E-state index contributed by atoms with van der Waals surface area (Å²) >= 11 is 0. The minimum atomic E-state index is -0.523. The van der Waals surface area contributed by atoms with Gasteiger partial charge in [0.25, 0.3) is 0 Å². The lowest BCUT2D eigenvalue weighted by Crippen LogP contribution is -2.45. The van der Waals surface area contributed by atoms with E-state index in [-0.39, 0.29) is 0 Å². The van der Waals surface area contributed by atoms with E-state index >= 15 is 0 Å².